The summed E-state index contributed by atoms with van der Waals surface area (Å²) in [5.41, 5.74) is 3.46. The zero-order chi connectivity index (χ0) is 27.1. The van der Waals surface area contributed by atoms with Crippen LogP contribution in [-0.2, 0) is 22.4 Å². The molecule has 0 aliphatic heterocycles. The molecular formula is C30H24Cl2N2O4. The van der Waals surface area contributed by atoms with Gasteiger partial charge in [-0.2, -0.15) is 0 Å². The fraction of sp³-hybridized carbons (Fsp3) is 0.100. The Labute approximate surface area is 230 Å². The molecule has 1 atom stereocenters. The molecule has 1 unspecified atom stereocenters. The van der Waals surface area contributed by atoms with Crippen molar-refractivity contribution in [3.63, 3.8) is 0 Å². The lowest BCUT2D eigenvalue weighted by Gasteiger charge is -2.15. The first-order chi connectivity index (χ1) is 18.3. The van der Waals surface area contributed by atoms with Crippen molar-refractivity contribution in [1.29, 1.82) is 0 Å². The average Bonchev–Trinajstić information content (AvgIpc) is 2.88. The van der Waals surface area contributed by atoms with Crippen molar-refractivity contribution in [3.05, 3.63) is 129 Å². The summed E-state index contributed by atoms with van der Waals surface area (Å²) in [5, 5.41) is 16.0. The Morgan fingerprint density at radius 1 is 0.711 bits per heavy atom. The third-order valence-electron chi connectivity index (χ3n) is 5.92. The molecule has 0 radical (unpaired) electrons. The van der Waals surface area contributed by atoms with Crippen molar-refractivity contribution in [2.24, 2.45) is 0 Å². The number of hydrogen-bond acceptors (Lipinski definition) is 3. The lowest BCUT2D eigenvalue weighted by atomic mass is 9.91. The standard InChI is InChI=1S/C30H24Cl2N2O4/c31-25-10-5-11-26(32)28(25)29(36)34-22-14-12-20(13-15-22)16-24(30(37)38)21-8-4-9-23(18-21)33-27(35)17-19-6-2-1-3-7-19/h1-15,18,24H,16-17H2,(H,33,35)(H,34,36)(H,37,38). The van der Waals surface area contributed by atoms with E-state index in [0.717, 1.165) is 11.1 Å². The number of carboxylic acids is 1. The van der Waals surface area contributed by atoms with Crippen LogP contribution in [0.25, 0.3) is 0 Å². The van der Waals surface area contributed by atoms with Crippen LogP contribution in [0.5, 0.6) is 0 Å². The highest BCUT2D eigenvalue weighted by Crippen LogP contribution is 2.27. The number of carbonyl (C=O) groups excluding carboxylic acids is 2. The predicted molar refractivity (Wildman–Crippen MR) is 150 cm³/mol. The number of rotatable bonds is 9. The first-order valence-electron chi connectivity index (χ1n) is 11.8. The van der Waals surface area contributed by atoms with Crippen LogP contribution in [0.1, 0.15) is 33.0 Å². The van der Waals surface area contributed by atoms with Crippen molar-refractivity contribution in [3.8, 4) is 0 Å². The van der Waals surface area contributed by atoms with E-state index in [9.17, 15) is 19.5 Å². The summed E-state index contributed by atoms with van der Waals surface area (Å²) < 4.78 is 0. The number of aliphatic carboxylic acids is 1. The Morgan fingerprint density at radius 3 is 2.03 bits per heavy atom. The number of nitrogens with one attached hydrogen (secondary N) is 2. The van der Waals surface area contributed by atoms with E-state index in [-0.39, 0.29) is 34.4 Å². The van der Waals surface area contributed by atoms with Crippen molar-refractivity contribution in [2.45, 2.75) is 18.8 Å². The van der Waals surface area contributed by atoms with Gasteiger partial charge in [-0.25, -0.2) is 0 Å². The van der Waals surface area contributed by atoms with Gasteiger partial charge in [0.1, 0.15) is 0 Å². The fourth-order valence-electron chi connectivity index (χ4n) is 4.04. The molecule has 2 amide bonds. The fourth-order valence-corrected chi connectivity index (χ4v) is 4.60. The Balaban J connectivity index is 1.43. The molecule has 0 fully saturated rings. The van der Waals surface area contributed by atoms with Crippen LogP contribution in [-0.4, -0.2) is 22.9 Å². The van der Waals surface area contributed by atoms with Gasteiger partial charge in [0.15, 0.2) is 0 Å². The van der Waals surface area contributed by atoms with E-state index >= 15 is 0 Å². The summed E-state index contributed by atoms with van der Waals surface area (Å²) in [4.78, 5) is 37.2. The van der Waals surface area contributed by atoms with Crippen LogP contribution in [0.3, 0.4) is 0 Å². The maximum atomic E-state index is 12.6. The molecule has 0 spiro atoms. The minimum Gasteiger partial charge on any atom is -0.481 e. The minimum absolute atomic E-state index is 0.182. The highest BCUT2D eigenvalue weighted by molar-refractivity contribution is 6.40. The smallest absolute Gasteiger partial charge is 0.311 e. The first kappa shape index (κ1) is 26.9. The number of hydrogen-bond donors (Lipinski definition) is 3. The molecule has 0 saturated heterocycles. The van der Waals surface area contributed by atoms with Crippen LogP contribution < -0.4 is 10.6 Å². The number of carboxylic acid groups (broad SMARTS) is 1. The van der Waals surface area contributed by atoms with Gasteiger partial charge in [-0.1, -0.05) is 83.9 Å². The van der Waals surface area contributed by atoms with E-state index in [4.69, 9.17) is 23.2 Å². The van der Waals surface area contributed by atoms with E-state index in [1.807, 2.05) is 30.3 Å². The van der Waals surface area contributed by atoms with Crippen molar-refractivity contribution in [2.75, 3.05) is 10.6 Å². The van der Waals surface area contributed by atoms with Crippen LogP contribution in [0.15, 0.2) is 97.1 Å². The molecule has 4 rings (SSSR count). The zero-order valence-corrected chi connectivity index (χ0v) is 21.7. The van der Waals surface area contributed by atoms with E-state index < -0.39 is 17.8 Å². The number of anilines is 2. The molecule has 4 aromatic rings. The molecule has 0 saturated carbocycles. The van der Waals surface area contributed by atoms with Gasteiger partial charge in [0.05, 0.1) is 27.9 Å². The molecule has 0 bridgehead atoms. The molecule has 8 heteroatoms. The molecule has 0 aliphatic carbocycles. The SMILES string of the molecule is O=C(Cc1ccccc1)Nc1cccc(C(Cc2ccc(NC(=O)c3c(Cl)cccc3Cl)cc2)C(=O)O)c1. The van der Waals surface area contributed by atoms with Gasteiger partial charge in [0, 0.05) is 11.4 Å². The van der Waals surface area contributed by atoms with Gasteiger partial charge < -0.3 is 15.7 Å². The molecule has 4 aromatic carbocycles. The lowest BCUT2D eigenvalue weighted by molar-refractivity contribution is -0.138. The summed E-state index contributed by atoms with van der Waals surface area (Å²) >= 11 is 12.2. The van der Waals surface area contributed by atoms with Crippen LogP contribution >= 0.6 is 23.2 Å². The normalized spacial score (nSPS) is 11.4. The van der Waals surface area contributed by atoms with Gasteiger partial charge in [0.25, 0.3) is 5.91 Å². The van der Waals surface area contributed by atoms with Gasteiger partial charge in [-0.05, 0) is 59.5 Å². The Morgan fingerprint density at radius 2 is 1.37 bits per heavy atom. The summed E-state index contributed by atoms with van der Waals surface area (Å²) in [6.07, 6.45) is 0.445. The lowest BCUT2D eigenvalue weighted by Crippen LogP contribution is -2.17. The quantitative estimate of drug-likeness (QED) is 0.214. The number of halogens is 2. The number of amides is 2. The molecule has 192 valence electrons. The maximum absolute atomic E-state index is 12.6. The summed E-state index contributed by atoms with van der Waals surface area (Å²) in [7, 11) is 0. The van der Waals surface area contributed by atoms with Crippen LogP contribution in [0, 0.1) is 0 Å². The molecule has 0 aliphatic rings. The highest BCUT2D eigenvalue weighted by atomic mass is 35.5. The molecule has 38 heavy (non-hydrogen) atoms. The topological polar surface area (TPSA) is 95.5 Å². The van der Waals surface area contributed by atoms with Crippen LogP contribution in [0.4, 0.5) is 11.4 Å². The van der Waals surface area contributed by atoms with E-state index in [2.05, 4.69) is 10.6 Å². The Bertz CT molecular complexity index is 1440. The van der Waals surface area contributed by atoms with Crippen LogP contribution in [0.2, 0.25) is 10.0 Å². The Kier molecular flexibility index (Phi) is 8.79. The van der Waals surface area contributed by atoms with Gasteiger partial charge in [-0.3, -0.25) is 14.4 Å². The van der Waals surface area contributed by atoms with E-state index in [1.165, 1.54) is 0 Å². The second-order valence-corrected chi connectivity index (χ2v) is 9.49. The van der Waals surface area contributed by atoms with E-state index in [0.29, 0.717) is 16.9 Å². The molecule has 0 heterocycles. The zero-order valence-electron chi connectivity index (χ0n) is 20.2. The molecular weight excluding hydrogens is 523 g/mol. The minimum atomic E-state index is -0.983. The third kappa shape index (κ3) is 7.00. The van der Waals surface area contributed by atoms with Gasteiger partial charge in [0.2, 0.25) is 5.91 Å². The summed E-state index contributed by atoms with van der Waals surface area (Å²) in [5.74, 6) is -2.44. The van der Waals surface area contributed by atoms with Gasteiger partial charge >= 0.3 is 5.97 Å². The van der Waals surface area contributed by atoms with E-state index in [1.54, 1.807) is 66.7 Å². The monoisotopic (exact) mass is 546 g/mol. The maximum Gasteiger partial charge on any atom is 0.311 e. The second-order valence-electron chi connectivity index (χ2n) is 8.68. The third-order valence-corrected chi connectivity index (χ3v) is 6.55. The molecule has 6 nitrogen and oxygen atoms in total. The molecule has 3 N–H and O–H groups in total. The van der Waals surface area contributed by atoms with Crippen molar-refractivity contribution >= 4 is 52.4 Å². The number of benzene rings is 4. The first-order valence-corrected chi connectivity index (χ1v) is 12.6. The predicted octanol–water partition coefficient (Wildman–Crippen LogP) is 6.84. The largest absolute Gasteiger partial charge is 0.481 e. The second kappa shape index (κ2) is 12.4. The summed E-state index contributed by atoms with van der Waals surface area (Å²) in [6.45, 7) is 0. The highest BCUT2D eigenvalue weighted by Gasteiger charge is 2.21. The Hall–Kier alpha value is -4.13. The summed E-state index contributed by atoms with van der Waals surface area (Å²) in [6, 6.07) is 28.0. The van der Waals surface area contributed by atoms with Crippen molar-refractivity contribution < 1.29 is 19.5 Å². The number of carbonyl (C=O) groups is 3. The average molecular weight is 547 g/mol. The van der Waals surface area contributed by atoms with Crippen molar-refractivity contribution in [1.82, 2.24) is 0 Å². The molecule has 0 aromatic heterocycles. The van der Waals surface area contributed by atoms with Gasteiger partial charge in [-0.15, -0.1) is 0 Å².